The van der Waals surface area contributed by atoms with E-state index in [0.29, 0.717) is 0 Å². The van der Waals surface area contributed by atoms with E-state index in [0.717, 1.165) is 6.42 Å². The molecule has 0 aliphatic carbocycles. The summed E-state index contributed by atoms with van der Waals surface area (Å²) in [6, 6.07) is 1.81. The lowest BCUT2D eigenvalue weighted by Gasteiger charge is -2.05. The Balaban J connectivity index is 2.61. The minimum Gasteiger partial charge on any atom is -0.297 e. The van der Waals surface area contributed by atoms with Gasteiger partial charge in [0.2, 0.25) is 0 Å². The van der Waals surface area contributed by atoms with Crippen LogP contribution in [0.25, 0.3) is 0 Å². The first kappa shape index (κ1) is 10.4. The smallest absolute Gasteiger partial charge is 0.252 e. The molecule has 14 heavy (non-hydrogen) atoms. The minimum absolute atomic E-state index is 0.0322. The molecule has 1 heterocycles. The lowest BCUT2D eigenvalue weighted by Crippen LogP contribution is -2.17. The maximum Gasteiger partial charge on any atom is 0.252 e. The molecule has 0 aliphatic heterocycles. The van der Waals surface area contributed by atoms with Gasteiger partial charge in [0.25, 0.3) is 5.82 Å². The first-order chi connectivity index (χ1) is 6.67. The van der Waals surface area contributed by atoms with Gasteiger partial charge < -0.3 is 0 Å². The standard InChI is InChI=1S/C9H12N4O/c1-3-7(2)8(14)5-13-6-11-9(4-10)12-13/h6-7H,3,5H2,1-2H3. The molecule has 0 saturated heterocycles. The molecule has 0 spiro atoms. The summed E-state index contributed by atoms with van der Waals surface area (Å²) in [7, 11) is 0. The Bertz CT molecular complexity index is 363. The molecule has 74 valence electrons. The van der Waals surface area contributed by atoms with Crippen molar-refractivity contribution in [2.24, 2.45) is 5.92 Å². The first-order valence-electron chi connectivity index (χ1n) is 4.49. The van der Waals surface area contributed by atoms with Crippen LogP contribution in [0, 0.1) is 17.2 Å². The summed E-state index contributed by atoms with van der Waals surface area (Å²) < 4.78 is 1.40. The van der Waals surface area contributed by atoms with Gasteiger partial charge in [-0.2, -0.15) is 5.26 Å². The highest BCUT2D eigenvalue weighted by atomic mass is 16.1. The van der Waals surface area contributed by atoms with Crippen LogP contribution in [0.4, 0.5) is 0 Å². The Labute approximate surface area is 82.4 Å². The lowest BCUT2D eigenvalue weighted by atomic mass is 10.0. The monoisotopic (exact) mass is 192 g/mol. The highest BCUT2D eigenvalue weighted by Crippen LogP contribution is 2.03. The molecule has 0 N–H and O–H groups in total. The number of rotatable bonds is 4. The van der Waals surface area contributed by atoms with Crippen molar-refractivity contribution in [1.29, 1.82) is 5.26 Å². The SMILES string of the molecule is CCC(C)C(=O)Cn1cnc(C#N)n1. The van der Waals surface area contributed by atoms with Crippen LogP contribution in [0.1, 0.15) is 26.1 Å². The number of Topliss-reactive ketones (excluding diaryl/α,β-unsaturated/α-hetero) is 1. The number of carbonyl (C=O) groups excluding carboxylic acids is 1. The highest BCUT2D eigenvalue weighted by Gasteiger charge is 2.11. The second kappa shape index (κ2) is 4.51. The van der Waals surface area contributed by atoms with Crippen LogP contribution < -0.4 is 0 Å². The van der Waals surface area contributed by atoms with Crippen molar-refractivity contribution in [3.05, 3.63) is 12.2 Å². The number of carbonyl (C=O) groups is 1. The fourth-order valence-electron chi connectivity index (χ4n) is 0.965. The molecule has 5 nitrogen and oxygen atoms in total. The van der Waals surface area contributed by atoms with Crippen LogP contribution in [-0.2, 0) is 11.3 Å². The van der Waals surface area contributed by atoms with E-state index in [-0.39, 0.29) is 24.1 Å². The van der Waals surface area contributed by atoms with Gasteiger partial charge in [0.15, 0.2) is 5.78 Å². The Hall–Kier alpha value is -1.70. The third-order valence-electron chi connectivity index (χ3n) is 2.12. The van der Waals surface area contributed by atoms with Gasteiger partial charge in [0.1, 0.15) is 18.9 Å². The van der Waals surface area contributed by atoms with Crippen LogP contribution in [0.3, 0.4) is 0 Å². The molecule has 0 aromatic carbocycles. The van der Waals surface area contributed by atoms with E-state index in [1.54, 1.807) is 0 Å². The van der Waals surface area contributed by atoms with E-state index < -0.39 is 0 Å². The molecule has 0 radical (unpaired) electrons. The van der Waals surface area contributed by atoms with Gasteiger partial charge >= 0.3 is 0 Å². The van der Waals surface area contributed by atoms with Crippen LogP contribution in [-0.4, -0.2) is 20.5 Å². The van der Waals surface area contributed by atoms with Crippen molar-refractivity contribution in [2.45, 2.75) is 26.8 Å². The van der Waals surface area contributed by atoms with Crippen LogP contribution in [0.5, 0.6) is 0 Å². The fraction of sp³-hybridized carbons (Fsp3) is 0.556. The van der Waals surface area contributed by atoms with E-state index in [9.17, 15) is 4.79 Å². The van der Waals surface area contributed by atoms with Gasteiger partial charge in [-0.15, -0.1) is 5.10 Å². The van der Waals surface area contributed by atoms with E-state index in [2.05, 4.69) is 10.1 Å². The maximum atomic E-state index is 11.5. The number of nitriles is 1. The quantitative estimate of drug-likeness (QED) is 0.706. The van der Waals surface area contributed by atoms with Gasteiger partial charge in [0.05, 0.1) is 0 Å². The average Bonchev–Trinajstić information content (AvgIpc) is 2.64. The molecule has 1 aromatic rings. The van der Waals surface area contributed by atoms with E-state index in [1.165, 1.54) is 11.0 Å². The molecular weight excluding hydrogens is 180 g/mol. The molecular formula is C9H12N4O. The van der Waals surface area contributed by atoms with Crippen molar-refractivity contribution < 1.29 is 4.79 Å². The first-order valence-corrected chi connectivity index (χ1v) is 4.49. The molecule has 0 fully saturated rings. The summed E-state index contributed by atoms with van der Waals surface area (Å²) in [6.07, 6.45) is 2.22. The Morgan fingerprint density at radius 1 is 1.79 bits per heavy atom. The zero-order valence-corrected chi connectivity index (χ0v) is 8.27. The largest absolute Gasteiger partial charge is 0.297 e. The molecule has 1 aromatic heterocycles. The maximum absolute atomic E-state index is 11.5. The van der Waals surface area contributed by atoms with Crippen LogP contribution in [0.15, 0.2) is 6.33 Å². The minimum atomic E-state index is 0.0322. The second-order valence-electron chi connectivity index (χ2n) is 3.15. The zero-order valence-electron chi connectivity index (χ0n) is 8.27. The molecule has 1 rings (SSSR count). The normalized spacial score (nSPS) is 12.1. The third kappa shape index (κ3) is 2.39. The van der Waals surface area contributed by atoms with Crippen molar-refractivity contribution in [1.82, 2.24) is 14.8 Å². The van der Waals surface area contributed by atoms with Crippen molar-refractivity contribution in [3.63, 3.8) is 0 Å². The Kier molecular flexibility index (Phi) is 3.35. The van der Waals surface area contributed by atoms with Crippen LogP contribution in [0.2, 0.25) is 0 Å². The number of hydrogen-bond donors (Lipinski definition) is 0. The molecule has 5 heteroatoms. The van der Waals surface area contributed by atoms with Crippen molar-refractivity contribution in [3.8, 4) is 6.07 Å². The van der Waals surface area contributed by atoms with Gasteiger partial charge in [0, 0.05) is 5.92 Å². The van der Waals surface area contributed by atoms with Crippen molar-refractivity contribution >= 4 is 5.78 Å². The number of hydrogen-bond acceptors (Lipinski definition) is 4. The van der Waals surface area contributed by atoms with E-state index in [4.69, 9.17) is 5.26 Å². The lowest BCUT2D eigenvalue weighted by molar-refractivity contribution is -0.123. The fourth-order valence-corrected chi connectivity index (χ4v) is 0.965. The van der Waals surface area contributed by atoms with Gasteiger partial charge in [-0.25, -0.2) is 9.67 Å². The van der Waals surface area contributed by atoms with Gasteiger partial charge in [-0.1, -0.05) is 13.8 Å². The highest BCUT2D eigenvalue weighted by molar-refractivity contribution is 5.80. The zero-order chi connectivity index (χ0) is 10.6. The molecule has 0 aliphatic rings. The molecule has 1 unspecified atom stereocenters. The predicted molar refractivity (Wildman–Crippen MR) is 49.2 cm³/mol. The summed E-state index contributed by atoms with van der Waals surface area (Å²) in [6.45, 7) is 4.04. The Morgan fingerprint density at radius 2 is 2.50 bits per heavy atom. The summed E-state index contributed by atoms with van der Waals surface area (Å²) in [4.78, 5) is 15.2. The van der Waals surface area contributed by atoms with Gasteiger partial charge in [-0.3, -0.25) is 4.79 Å². The summed E-state index contributed by atoms with van der Waals surface area (Å²) >= 11 is 0. The molecule has 0 saturated carbocycles. The predicted octanol–water partition coefficient (Wildman–Crippen LogP) is 0.765. The van der Waals surface area contributed by atoms with Crippen LogP contribution >= 0.6 is 0 Å². The van der Waals surface area contributed by atoms with E-state index in [1.807, 2.05) is 19.9 Å². The second-order valence-corrected chi connectivity index (χ2v) is 3.15. The Morgan fingerprint density at radius 3 is 3.00 bits per heavy atom. The summed E-state index contributed by atoms with van der Waals surface area (Å²) in [5, 5.41) is 12.3. The number of aromatic nitrogens is 3. The molecule has 0 amide bonds. The summed E-state index contributed by atoms with van der Waals surface area (Å²) in [5.41, 5.74) is 0. The molecule has 0 bridgehead atoms. The molecule has 1 atom stereocenters. The van der Waals surface area contributed by atoms with E-state index >= 15 is 0 Å². The number of nitrogens with zero attached hydrogens (tertiary/aromatic N) is 4. The average molecular weight is 192 g/mol. The summed E-state index contributed by atoms with van der Waals surface area (Å²) in [5.74, 6) is 0.244. The topological polar surface area (TPSA) is 71.6 Å². The van der Waals surface area contributed by atoms with Gasteiger partial charge in [-0.05, 0) is 6.42 Å². The van der Waals surface area contributed by atoms with Crippen molar-refractivity contribution in [2.75, 3.05) is 0 Å². The third-order valence-corrected chi connectivity index (χ3v) is 2.12. The number of ketones is 1.